The minimum Gasteiger partial charge on any atom is -0.466 e. The fourth-order valence-electron chi connectivity index (χ4n) is 1.20. The Balaban J connectivity index is 2.67. The average molecular weight is 260 g/mol. The largest absolute Gasteiger partial charge is 0.466 e. The molecule has 19 heavy (non-hydrogen) atoms. The molecule has 1 aromatic heterocycles. The van der Waals surface area contributed by atoms with Crippen LogP contribution in [0, 0.1) is 11.8 Å². The van der Waals surface area contributed by atoms with Crippen molar-refractivity contribution in [3.63, 3.8) is 0 Å². The summed E-state index contributed by atoms with van der Waals surface area (Å²) in [5.41, 5.74) is 0. The second-order valence-corrected chi connectivity index (χ2v) is 3.60. The summed E-state index contributed by atoms with van der Waals surface area (Å²) in [6, 6.07) is 3.25. The molecule has 1 rings (SSSR count). The minimum absolute atomic E-state index is 0.335. The molecule has 1 unspecified atom stereocenters. The van der Waals surface area contributed by atoms with Crippen molar-refractivity contribution in [2.24, 2.45) is 0 Å². The van der Waals surface area contributed by atoms with E-state index in [4.69, 9.17) is 4.42 Å². The fourth-order valence-corrected chi connectivity index (χ4v) is 1.20. The zero-order chi connectivity index (χ0) is 14.1. The zero-order valence-electron chi connectivity index (χ0n) is 10.9. The molecule has 0 saturated carbocycles. The molecule has 1 atom stereocenters. The Morgan fingerprint density at radius 1 is 1.58 bits per heavy atom. The van der Waals surface area contributed by atoms with Gasteiger partial charge in [-0.05, 0) is 30.7 Å². The van der Waals surface area contributed by atoms with E-state index in [1.54, 1.807) is 18.2 Å². The van der Waals surface area contributed by atoms with Gasteiger partial charge in [0.1, 0.15) is 11.5 Å². The molecule has 100 valence electrons. The highest BCUT2D eigenvalue weighted by Gasteiger charge is 2.08. The van der Waals surface area contributed by atoms with Crippen LogP contribution < -0.4 is 0 Å². The number of allylic oxidation sites excluding steroid dienone is 2. The van der Waals surface area contributed by atoms with E-state index in [2.05, 4.69) is 16.6 Å². The number of aliphatic hydroxyl groups is 1. The SMILES string of the molecule is CC/C=C\C#CC(O)c1ccc(/C=C/C(=O)OC)o1. The summed E-state index contributed by atoms with van der Waals surface area (Å²) in [7, 11) is 1.30. The summed E-state index contributed by atoms with van der Waals surface area (Å²) in [5, 5.41) is 9.74. The monoisotopic (exact) mass is 260 g/mol. The summed E-state index contributed by atoms with van der Waals surface area (Å²) < 4.78 is 9.78. The molecule has 0 bridgehead atoms. The van der Waals surface area contributed by atoms with Crippen LogP contribution in [0.4, 0.5) is 0 Å². The number of carbonyl (C=O) groups is 1. The maximum Gasteiger partial charge on any atom is 0.330 e. The van der Waals surface area contributed by atoms with Gasteiger partial charge in [-0.1, -0.05) is 24.8 Å². The summed E-state index contributed by atoms with van der Waals surface area (Å²) in [4.78, 5) is 10.9. The predicted octanol–water partition coefficient (Wildman–Crippen LogP) is 2.47. The molecular formula is C15H16O4. The summed E-state index contributed by atoms with van der Waals surface area (Å²) >= 11 is 0. The number of hydrogen-bond acceptors (Lipinski definition) is 4. The van der Waals surface area contributed by atoms with Gasteiger partial charge in [-0.3, -0.25) is 0 Å². The van der Waals surface area contributed by atoms with Crippen LogP contribution in [0.15, 0.2) is 34.8 Å². The standard InChI is InChI=1S/C15H16O4/c1-3-4-5-6-7-13(16)14-10-8-12(19-14)9-11-15(17)18-2/h4-5,8-11,13,16H,3H2,1-2H3/b5-4-,11-9+. The minimum atomic E-state index is -0.984. The van der Waals surface area contributed by atoms with Crippen molar-refractivity contribution in [1.82, 2.24) is 0 Å². The van der Waals surface area contributed by atoms with Gasteiger partial charge in [-0.15, -0.1) is 0 Å². The Hall–Kier alpha value is -2.25. The quantitative estimate of drug-likeness (QED) is 0.513. The molecule has 0 aliphatic carbocycles. The summed E-state index contributed by atoms with van der Waals surface area (Å²) in [6.45, 7) is 2.00. The highest BCUT2D eigenvalue weighted by molar-refractivity contribution is 5.86. The van der Waals surface area contributed by atoms with Crippen LogP contribution in [0.2, 0.25) is 0 Å². The van der Waals surface area contributed by atoms with Crippen molar-refractivity contribution >= 4 is 12.0 Å². The summed E-state index contributed by atoms with van der Waals surface area (Å²) in [6.07, 6.45) is 6.20. The van der Waals surface area contributed by atoms with Crippen molar-refractivity contribution in [2.45, 2.75) is 19.4 Å². The van der Waals surface area contributed by atoms with Crippen LogP contribution in [-0.4, -0.2) is 18.2 Å². The average Bonchev–Trinajstić information content (AvgIpc) is 2.89. The van der Waals surface area contributed by atoms with Crippen molar-refractivity contribution in [2.75, 3.05) is 7.11 Å². The van der Waals surface area contributed by atoms with Crippen LogP contribution in [0.25, 0.3) is 6.08 Å². The Morgan fingerprint density at radius 3 is 3.05 bits per heavy atom. The molecular weight excluding hydrogens is 244 g/mol. The van der Waals surface area contributed by atoms with Gasteiger partial charge in [0, 0.05) is 6.08 Å². The van der Waals surface area contributed by atoms with Gasteiger partial charge >= 0.3 is 5.97 Å². The molecule has 0 amide bonds. The maximum atomic E-state index is 10.9. The first kappa shape index (κ1) is 14.8. The highest BCUT2D eigenvalue weighted by atomic mass is 16.5. The van der Waals surface area contributed by atoms with Gasteiger partial charge in [-0.25, -0.2) is 4.79 Å². The number of furan rings is 1. The van der Waals surface area contributed by atoms with E-state index in [1.165, 1.54) is 19.3 Å². The number of esters is 1. The predicted molar refractivity (Wildman–Crippen MR) is 71.9 cm³/mol. The van der Waals surface area contributed by atoms with Crippen molar-refractivity contribution < 1.29 is 19.1 Å². The third-order valence-corrected chi connectivity index (χ3v) is 2.16. The van der Waals surface area contributed by atoms with Gasteiger partial charge in [0.2, 0.25) is 0 Å². The van der Waals surface area contributed by atoms with Gasteiger partial charge in [0.05, 0.1) is 7.11 Å². The molecule has 0 aliphatic heterocycles. The van der Waals surface area contributed by atoms with Gasteiger partial charge in [0.15, 0.2) is 6.10 Å². The lowest BCUT2D eigenvalue weighted by Crippen LogP contribution is -1.93. The second-order valence-electron chi connectivity index (χ2n) is 3.60. The van der Waals surface area contributed by atoms with Gasteiger partial charge < -0.3 is 14.3 Å². The zero-order valence-corrected chi connectivity index (χ0v) is 10.9. The molecule has 4 heteroatoms. The van der Waals surface area contributed by atoms with Crippen molar-refractivity contribution in [3.05, 3.63) is 41.9 Å². The molecule has 1 aromatic rings. The highest BCUT2D eigenvalue weighted by Crippen LogP contribution is 2.16. The van der Waals surface area contributed by atoms with E-state index in [9.17, 15) is 9.90 Å². The first-order valence-corrected chi connectivity index (χ1v) is 5.87. The topological polar surface area (TPSA) is 59.7 Å². The number of rotatable bonds is 4. The second kappa shape index (κ2) is 7.96. The fraction of sp³-hybridized carbons (Fsp3) is 0.267. The molecule has 4 nitrogen and oxygen atoms in total. The third kappa shape index (κ3) is 5.28. The maximum absolute atomic E-state index is 10.9. The van der Waals surface area contributed by atoms with Crippen LogP contribution in [0.5, 0.6) is 0 Å². The lowest BCUT2D eigenvalue weighted by atomic mass is 10.2. The molecule has 0 radical (unpaired) electrons. The normalized spacial score (nSPS) is 12.4. The lowest BCUT2D eigenvalue weighted by Gasteiger charge is -1.96. The number of methoxy groups -OCH3 is 1. The number of aliphatic hydroxyl groups excluding tert-OH is 1. The Kier molecular flexibility index (Phi) is 6.20. The molecule has 1 N–H and O–H groups in total. The number of hydrogen-bond donors (Lipinski definition) is 1. The smallest absolute Gasteiger partial charge is 0.330 e. The molecule has 0 saturated heterocycles. The van der Waals surface area contributed by atoms with Crippen LogP contribution in [0.1, 0.15) is 31.0 Å². The van der Waals surface area contributed by atoms with Gasteiger partial charge in [0.25, 0.3) is 0 Å². The van der Waals surface area contributed by atoms with Crippen LogP contribution >= 0.6 is 0 Å². The van der Waals surface area contributed by atoms with Crippen LogP contribution in [-0.2, 0) is 9.53 Å². The lowest BCUT2D eigenvalue weighted by molar-refractivity contribution is -0.134. The van der Waals surface area contributed by atoms with E-state index in [-0.39, 0.29) is 0 Å². The van der Waals surface area contributed by atoms with E-state index >= 15 is 0 Å². The van der Waals surface area contributed by atoms with Crippen molar-refractivity contribution in [3.8, 4) is 11.8 Å². The number of ether oxygens (including phenoxy) is 1. The summed E-state index contributed by atoms with van der Waals surface area (Å²) in [5.74, 6) is 5.67. The number of carbonyl (C=O) groups excluding carboxylic acids is 1. The molecule has 0 spiro atoms. The Labute approximate surface area is 112 Å². The molecule has 0 aromatic carbocycles. The Bertz CT molecular complexity index is 526. The van der Waals surface area contributed by atoms with Crippen molar-refractivity contribution in [1.29, 1.82) is 0 Å². The van der Waals surface area contributed by atoms with Gasteiger partial charge in [-0.2, -0.15) is 0 Å². The van der Waals surface area contributed by atoms with E-state index in [0.29, 0.717) is 11.5 Å². The third-order valence-electron chi connectivity index (χ3n) is 2.16. The first-order chi connectivity index (χ1) is 9.17. The molecule has 0 fully saturated rings. The molecule has 1 heterocycles. The van der Waals surface area contributed by atoms with Crippen LogP contribution in [0.3, 0.4) is 0 Å². The van der Waals surface area contributed by atoms with E-state index in [1.807, 2.05) is 13.0 Å². The first-order valence-electron chi connectivity index (χ1n) is 5.87. The Morgan fingerprint density at radius 2 is 2.37 bits per heavy atom. The van der Waals surface area contributed by atoms with E-state index in [0.717, 1.165) is 6.42 Å². The molecule has 0 aliphatic rings. The van der Waals surface area contributed by atoms with E-state index < -0.39 is 12.1 Å².